The molecule has 164 valence electrons. The number of nitrogens with two attached hydrogens (primary N) is 1. The van der Waals surface area contributed by atoms with E-state index in [0.717, 1.165) is 48.1 Å². The number of carbonyl (C=O) groups excluding carboxylic acids is 1. The molecule has 0 radical (unpaired) electrons. The van der Waals surface area contributed by atoms with Crippen molar-refractivity contribution in [1.82, 2.24) is 5.32 Å². The van der Waals surface area contributed by atoms with E-state index < -0.39 is 0 Å². The smallest absolute Gasteiger partial charge is 0.251 e. The Bertz CT molecular complexity index is 1140. The maximum Gasteiger partial charge on any atom is 0.251 e. The summed E-state index contributed by atoms with van der Waals surface area (Å²) in [6, 6.07) is 11.8. The largest absolute Gasteiger partial charge is 0.398 e. The van der Waals surface area contributed by atoms with Gasteiger partial charge in [-0.25, -0.2) is 0 Å². The van der Waals surface area contributed by atoms with Gasteiger partial charge in [0.25, 0.3) is 5.91 Å². The predicted molar refractivity (Wildman–Crippen MR) is 131 cm³/mol. The zero-order valence-corrected chi connectivity index (χ0v) is 18.9. The van der Waals surface area contributed by atoms with Crippen molar-refractivity contribution in [3.8, 4) is 11.8 Å². The molecule has 0 saturated carbocycles. The van der Waals surface area contributed by atoms with Gasteiger partial charge in [-0.3, -0.25) is 4.79 Å². The SMILES string of the molecule is C=C(C1=C(c2c(C)ccc(N)c2C2C#C2)CCCC1)c1ccc(C(=O)NCCOC)cc1. The first-order valence-corrected chi connectivity index (χ1v) is 11.2. The summed E-state index contributed by atoms with van der Waals surface area (Å²) in [6.07, 6.45) is 4.31. The quantitative estimate of drug-likeness (QED) is 0.351. The molecule has 32 heavy (non-hydrogen) atoms. The first-order chi connectivity index (χ1) is 15.5. The van der Waals surface area contributed by atoms with E-state index in [1.54, 1.807) is 7.11 Å². The van der Waals surface area contributed by atoms with Crippen LogP contribution in [0.4, 0.5) is 5.69 Å². The number of rotatable bonds is 8. The number of nitrogens with one attached hydrogen (secondary N) is 1. The van der Waals surface area contributed by atoms with Crippen molar-refractivity contribution < 1.29 is 9.53 Å². The highest BCUT2D eigenvalue weighted by atomic mass is 16.5. The van der Waals surface area contributed by atoms with Crippen LogP contribution in [0.5, 0.6) is 0 Å². The zero-order chi connectivity index (χ0) is 22.7. The summed E-state index contributed by atoms with van der Waals surface area (Å²) >= 11 is 0. The molecule has 0 aromatic heterocycles. The first kappa shape index (κ1) is 21.9. The Morgan fingerprint density at radius 1 is 1.12 bits per heavy atom. The van der Waals surface area contributed by atoms with Crippen molar-refractivity contribution in [1.29, 1.82) is 0 Å². The number of allylic oxidation sites excluding steroid dienone is 3. The lowest BCUT2D eigenvalue weighted by molar-refractivity contribution is 0.0937. The molecule has 0 heterocycles. The molecule has 2 aliphatic carbocycles. The lowest BCUT2D eigenvalue weighted by atomic mass is 9.78. The molecule has 0 spiro atoms. The number of hydrogen-bond acceptors (Lipinski definition) is 3. The van der Waals surface area contributed by atoms with Crippen LogP contribution in [0, 0.1) is 18.8 Å². The summed E-state index contributed by atoms with van der Waals surface area (Å²) in [6.45, 7) is 7.60. The number of aryl methyl sites for hydroxylation is 1. The molecule has 0 atom stereocenters. The van der Waals surface area contributed by atoms with E-state index in [9.17, 15) is 4.79 Å². The van der Waals surface area contributed by atoms with E-state index in [1.807, 2.05) is 30.3 Å². The lowest BCUT2D eigenvalue weighted by Gasteiger charge is -2.26. The maximum atomic E-state index is 12.3. The molecule has 0 aliphatic heterocycles. The van der Waals surface area contributed by atoms with Gasteiger partial charge in [0, 0.05) is 30.5 Å². The molecular weight excluding hydrogens is 396 g/mol. The Balaban J connectivity index is 1.66. The summed E-state index contributed by atoms with van der Waals surface area (Å²) in [7, 11) is 1.62. The van der Waals surface area contributed by atoms with Gasteiger partial charge in [-0.2, -0.15) is 0 Å². The second-order valence-electron chi connectivity index (χ2n) is 8.45. The molecule has 4 nitrogen and oxygen atoms in total. The van der Waals surface area contributed by atoms with Gasteiger partial charge in [0.15, 0.2) is 0 Å². The van der Waals surface area contributed by atoms with Crippen LogP contribution in [0.25, 0.3) is 11.1 Å². The van der Waals surface area contributed by atoms with E-state index in [2.05, 4.69) is 36.7 Å². The standard InChI is InChI=1S/C28H30N2O2/c1-18-8-15-25(29)27(21-11-12-21)26(18)24-7-5-4-6-23(24)19(2)20-9-13-22(14-10-20)28(31)30-16-17-32-3/h8-10,13-15,21H,2,4-7,16-17,29H2,1,3H3,(H,30,31). The second kappa shape index (κ2) is 9.46. The van der Waals surface area contributed by atoms with Gasteiger partial charge in [0.05, 0.1) is 6.61 Å². The van der Waals surface area contributed by atoms with Crippen LogP contribution in [0.3, 0.4) is 0 Å². The Labute approximate surface area is 190 Å². The Morgan fingerprint density at radius 3 is 2.50 bits per heavy atom. The summed E-state index contributed by atoms with van der Waals surface area (Å²) in [5.74, 6) is 6.38. The van der Waals surface area contributed by atoms with Crippen molar-refractivity contribution in [2.45, 2.75) is 38.5 Å². The minimum atomic E-state index is -0.0961. The van der Waals surface area contributed by atoms with Crippen molar-refractivity contribution in [3.63, 3.8) is 0 Å². The molecule has 3 N–H and O–H groups in total. The Morgan fingerprint density at radius 2 is 1.81 bits per heavy atom. The molecule has 2 aromatic carbocycles. The van der Waals surface area contributed by atoms with Gasteiger partial charge in [0.2, 0.25) is 0 Å². The molecule has 0 bridgehead atoms. The molecular formula is C28H30N2O2. The molecule has 0 unspecified atom stereocenters. The number of methoxy groups -OCH3 is 1. The van der Waals surface area contributed by atoms with Crippen molar-refractivity contribution in [3.05, 3.63) is 76.4 Å². The highest BCUT2D eigenvalue weighted by Crippen LogP contribution is 2.44. The fourth-order valence-corrected chi connectivity index (χ4v) is 4.52. The lowest BCUT2D eigenvalue weighted by Crippen LogP contribution is -2.26. The number of hydrogen-bond donors (Lipinski definition) is 2. The van der Waals surface area contributed by atoms with Crippen LogP contribution in [0.2, 0.25) is 0 Å². The average molecular weight is 427 g/mol. The highest BCUT2D eigenvalue weighted by molar-refractivity contribution is 5.96. The summed E-state index contributed by atoms with van der Waals surface area (Å²) in [5.41, 5.74) is 16.1. The molecule has 4 heteroatoms. The number of anilines is 1. The van der Waals surface area contributed by atoms with Crippen LogP contribution >= 0.6 is 0 Å². The average Bonchev–Trinajstić information content (AvgIpc) is 3.65. The highest BCUT2D eigenvalue weighted by Gasteiger charge is 2.27. The molecule has 2 aromatic rings. The molecule has 1 amide bonds. The van der Waals surface area contributed by atoms with Gasteiger partial charge in [-0.1, -0.05) is 36.6 Å². The Hall–Kier alpha value is -3.29. The van der Waals surface area contributed by atoms with Gasteiger partial charge in [-0.05, 0) is 84.2 Å². The summed E-state index contributed by atoms with van der Waals surface area (Å²) in [4.78, 5) is 12.3. The van der Waals surface area contributed by atoms with E-state index >= 15 is 0 Å². The minimum absolute atomic E-state index is 0.0961. The second-order valence-corrected chi connectivity index (χ2v) is 8.45. The number of amides is 1. The molecule has 4 rings (SSSR count). The number of nitrogen functional groups attached to an aromatic ring is 1. The van der Waals surface area contributed by atoms with E-state index in [4.69, 9.17) is 10.5 Å². The van der Waals surface area contributed by atoms with Crippen LogP contribution < -0.4 is 11.1 Å². The van der Waals surface area contributed by atoms with E-state index in [0.29, 0.717) is 18.7 Å². The fourth-order valence-electron chi connectivity index (χ4n) is 4.52. The Kier molecular flexibility index (Phi) is 6.48. The van der Waals surface area contributed by atoms with Crippen LogP contribution in [-0.2, 0) is 4.74 Å². The van der Waals surface area contributed by atoms with Gasteiger partial charge in [0.1, 0.15) is 5.92 Å². The van der Waals surface area contributed by atoms with Gasteiger partial charge in [-0.15, -0.1) is 0 Å². The summed E-state index contributed by atoms with van der Waals surface area (Å²) < 4.78 is 4.99. The van der Waals surface area contributed by atoms with Crippen LogP contribution in [-0.4, -0.2) is 26.2 Å². The topological polar surface area (TPSA) is 64.4 Å². The van der Waals surface area contributed by atoms with Gasteiger partial charge < -0.3 is 15.8 Å². The number of ether oxygens (including phenoxy) is 1. The van der Waals surface area contributed by atoms with Crippen molar-refractivity contribution >= 4 is 22.7 Å². The normalized spacial score (nSPS) is 15.2. The minimum Gasteiger partial charge on any atom is -0.398 e. The third kappa shape index (κ3) is 4.49. The van der Waals surface area contributed by atoms with Crippen LogP contribution in [0.15, 0.2) is 48.6 Å². The third-order valence-corrected chi connectivity index (χ3v) is 6.29. The fraction of sp³-hybridized carbons (Fsp3) is 0.321. The van der Waals surface area contributed by atoms with Gasteiger partial charge >= 0.3 is 0 Å². The summed E-state index contributed by atoms with van der Waals surface area (Å²) in [5, 5.41) is 2.86. The molecule has 0 fully saturated rings. The third-order valence-electron chi connectivity index (χ3n) is 6.29. The van der Waals surface area contributed by atoms with Crippen molar-refractivity contribution in [2.75, 3.05) is 26.0 Å². The molecule has 2 aliphatic rings. The maximum absolute atomic E-state index is 12.3. The number of benzene rings is 2. The monoisotopic (exact) mass is 426 g/mol. The van der Waals surface area contributed by atoms with Crippen LogP contribution in [0.1, 0.15) is 64.2 Å². The van der Waals surface area contributed by atoms with E-state index in [-0.39, 0.29) is 11.8 Å². The van der Waals surface area contributed by atoms with Crippen molar-refractivity contribution in [2.24, 2.45) is 0 Å². The number of carbonyl (C=O) groups is 1. The molecule has 0 saturated heterocycles. The zero-order valence-electron chi connectivity index (χ0n) is 18.9. The van der Waals surface area contributed by atoms with E-state index in [1.165, 1.54) is 22.3 Å². The predicted octanol–water partition coefficient (Wildman–Crippen LogP) is 5.10. The first-order valence-electron chi connectivity index (χ1n) is 11.2.